The molecule has 0 radical (unpaired) electrons. The van der Waals surface area contributed by atoms with Gasteiger partial charge in [0.1, 0.15) is 0 Å². The molecule has 2 rings (SSSR count). The van der Waals surface area contributed by atoms with E-state index in [1.54, 1.807) is 0 Å². The summed E-state index contributed by atoms with van der Waals surface area (Å²) in [5.74, 6) is -0.123. The third-order valence-corrected chi connectivity index (χ3v) is 4.26. The molecule has 0 bridgehead atoms. The number of carboxylic acids is 1. The van der Waals surface area contributed by atoms with Gasteiger partial charge in [-0.05, 0) is 56.7 Å². The van der Waals surface area contributed by atoms with E-state index in [0.717, 1.165) is 26.1 Å². The quantitative estimate of drug-likeness (QED) is 0.895. The Morgan fingerprint density at radius 2 is 2.20 bits per heavy atom. The first-order valence-electron chi connectivity index (χ1n) is 7.55. The first-order chi connectivity index (χ1) is 9.54. The number of likely N-dealkylation sites (tertiary alicyclic amines) is 1. The number of hydrogen-bond donors (Lipinski definition) is 1. The number of piperidine rings is 1. The molecule has 1 aliphatic heterocycles. The van der Waals surface area contributed by atoms with Gasteiger partial charge in [-0.1, -0.05) is 23.8 Å². The molecular weight excluding hydrogens is 250 g/mol. The standard InChI is InChI=1S/C17H25NO2/c1-13-5-7-16(14(2)10-13)12-18-9-3-4-15(11-18)6-8-17(19)20/h5,7,10,15H,3-4,6,8-9,11-12H2,1-2H3,(H,19,20). The lowest BCUT2D eigenvalue weighted by molar-refractivity contribution is -0.137. The van der Waals surface area contributed by atoms with Gasteiger partial charge in [-0.25, -0.2) is 0 Å². The third kappa shape index (κ3) is 4.34. The predicted octanol–water partition coefficient (Wildman–Crippen LogP) is 3.38. The van der Waals surface area contributed by atoms with Crippen LogP contribution in [0.1, 0.15) is 42.4 Å². The van der Waals surface area contributed by atoms with Gasteiger partial charge in [0, 0.05) is 19.5 Å². The lowest BCUT2D eigenvalue weighted by Crippen LogP contribution is -2.35. The summed E-state index contributed by atoms with van der Waals surface area (Å²) in [5.41, 5.74) is 4.07. The summed E-state index contributed by atoms with van der Waals surface area (Å²) in [7, 11) is 0. The number of aliphatic carboxylic acids is 1. The van der Waals surface area contributed by atoms with Crippen LogP contribution in [0.15, 0.2) is 18.2 Å². The summed E-state index contributed by atoms with van der Waals surface area (Å²) in [4.78, 5) is 13.2. The van der Waals surface area contributed by atoms with E-state index in [0.29, 0.717) is 12.3 Å². The molecule has 110 valence electrons. The molecule has 1 heterocycles. The predicted molar refractivity (Wildman–Crippen MR) is 80.8 cm³/mol. The summed E-state index contributed by atoms with van der Waals surface area (Å²) < 4.78 is 0. The second kappa shape index (κ2) is 6.89. The van der Waals surface area contributed by atoms with E-state index >= 15 is 0 Å². The maximum Gasteiger partial charge on any atom is 0.303 e. The van der Waals surface area contributed by atoms with Crippen LogP contribution in [0, 0.1) is 19.8 Å². The van der Waals surface area contributed by atoms with Crippen molar-refractivity contribution in [2.75, 3.05) is 13.1 Å². The summed E-state index contributed by atoms with van der Waals surface area (Å²) >= 11 is 0. The van der Waals surface area contributed by atoms with Crippen LogP contribution < -0.4 is 0 Å². The van der Waals surface area contributed by atoms with Crippen LogP contribution >= 0.6 is 0 Å². The monoisotopic (exact) mass is 275 g/mol. The molecule has 0 saturated carbocycles. The van der Waals surface area contributed by atoms with Gasteiger partial charge >= 0.3 is 5.97 Å². The van der Waals surface area contributed by atoms with Crippen molar-refractivity contribution in [1.29, 1.82) is 0 Å². The lowest BCUT2D eigenvalue weighted by atomic mass is 9.93. The van der Waals surface area contributed by atoms with Gasteiger partial charge in [-0.2, -0.15) is 0 Å². The zero-order valence-corrected chi connectivity index (χ0v) is 12.6. The molecule has 0 aliphatic carbocycles. The van der Waals surface area contributed by atoms with Gasteiger partial charge in [0.25, 0.3) is 0 Å². The zero-order valence-electron chi connectivity index (χ0n) is 12.6. The number of rotatable bonds is 5. The van der Waals surface area contributed by atoms with Crippen LogP contribution in [0.25, 0.3) is 0 Å². The Morgan fingerprint density at radius 3 is 2.90 bits per heavy atom. The first-order valence-corrected chi connectivity index (χ1v) is 7.55. The molecule has 3 nitrogen and oxygen atoms in total. The van der Waals surface area contributed by atoms with Gasteiger partial charge in [0.15, 0.2) is 0 Å². The second-order valence-electron chi connectivity index (χ2n) is 6.11. The summed E-state index contributed by atoms with van der Waals surface area (Å²) in [6.07, 6.45) is 3.49. The van der Waals surface area contributed by atoms with Crippen LogP contribution in [-0.4, -0.2) is 29.1 Å². The molecule has 1 unspecified atom stereocenters. The van der Waals surface area contributed by atoms with Gasteiger partial charge < -0.3 is 5.11 Å². The highest BCUT2D eigenvalue weighted by molar-refractivity contribution is 5.66. The number of carboxylic acid groups (broad SMARTS) is 1. The van der Waals surface area contributed by atoms with Crippen molar-refractivity contribution in [3.05, 3.63) is 34.9 Å². The highest BCUT2D eigenvalue weighted by Crippen LogP contribution is 2.23. The second-order valence-corrected chi connectivity index (χ2v) is 6.11. The summed E-state index contributed by atoms with van der Waals surface area (Å²) in [6, 6.07) is 6.64. The Hall–Kier alpha value is -1.35. The molecule has 0 spiro atoms. The third-order valence-electron chi connectivity index (χ3n) is 4.26. The van der Waals surface area contributed by atoms with Crippen molar-refractivity contribution < 1.29 is 9.90 Å². The van der Waals surface area contributed by atoms with Gasteiger partial charge in [-0.15, -0.1) is 0 Å². The average molecular weight is 275 g/mol. The van der Waals surface area contributed by atoms with Crippen LogP contribution in [0.3, 0.4) is 0 Å². The van der Waals surface area contributed by atoms with E-state index in [4.69, 9.17) is 5.11 Å². The number of hydrogen-bond acceptors (Lipinski definition) is 2. The van der Waals surface area contributed by atoms with E-state index in [2.05, 4.69) is 36.9 Å². The summed E-state index contributed by atoms with van der Waals surface area (Å²) in [5, 5.41) is 8.79. The molecule has 1 aromatic carbocycles. The maximum absolute atomic E-state index is 10.7. The minimum atomic E-state index is -0.670. The minimum Gasteiger partial charge on any atom is -0.481 e. The number of benzene rings is 1. The Labute approximate surface area is 121 Å². The molecule has 0 amide bonds. The Kier molecular flexibility index (Phi) is 5.18. The Morgan fingerprint density at radius 1 is 1.40 bits per heavy atom. The maximum atomic E-state index is 10.7. The van der Waals surface area contributed by atoms with Crippen molar-refractivity contribution in [3.63, 3.8) is 0 Å². The number of carbonyl (C=O) groups is 1. The molecule has 1 aliphatic rings. The van der Waals surface area contributed by atoms with Crippen LogP contribution in [-0.2, 0) is 11.3 Å². The van der Waals surface area contributed by atoms with E-state index in [9.17, 15) is 4.79 Å². The smallest absolute Gasteiger partial charge is 0.303 e. The fourth-order valence-corrected chi connectivity index (χ4v) is 3.12. The van der Waals surface area contributed by atoms with Crippen molar-refractivity contribution in [1.82, 2.24) is 4.90 Å². The summed E-state index contributed by atoms with van der Waals surface area (Å²) in [6.45, 7) is 7.47. The molecule has 3 heteroatoms. The normalized spacial score (nSPS) is 20.0. The average Bonchev–Trinajstić information content (AvgIpc) is 2.40. The molecule has 1 aromatic rings. The molecule has 1 atom stereocenters. The van der Waals surface area contributed by atoms with Gasteiger partial charge in [0.05, 0.1) is 0 Å². The van der Waals surface area contributed by atoms with E-state index < -0.39 is 5.97 Å². The first kappa shape index (κ1) is 15.0. The van der Waals surface area contributed by atoms with Crippen molar-refractivity contribution >= 4 is 5.97 Å². The van der Waals surface area contributed by atoms with E-state index in [-0.39, 0.29) is 0 Å². The van der Waals surface area contributed by atoms with Crippen LogP contribution in [0.2, 0.25) is 0 Å². The topological polar surface area (TPSA) is 40.5 Å². The molecular formula is C17H25NO2. The van der Waals surface area contributed by atoms with E-state index in [1.165, 1.54) is 29.5 Å². The molecule has 1 saturated heterocycles. The highest BCUT2D eigenvalue weighted by Gasteiger charge is 2.20. The molecule has 20 heavy (non-hydrogen) atoms. The molecule has 1 N–H and O–H groups in total. The lowest BCUT2D eigenvalue weighted by Gasteiger charge is -2.33. The molecule has 0 aromatic heterocycles. The Balaban J connectivity index is 1.90. The fourth-order valence-electron chi connectivity index (χ4n) is 3.12. The zero-order chi connectivity index (χ0) is 14.5. The SMILES string of the molecule is Cc1ccc(CN2CCCC(CCC(=O)O)C2)c(C)c1. The number of aryl methyl sites for hydroxylation is 2. The van der Waals surface area contributed by atoms with Crippen LogP contribution in [0.5, 0.6) is 0 Å². The minimum absolute atomic E-state index is 0.308. The van der Waals surface area contributed by atoms with Crippen molar-refractivity contribution in [3.8, 4) is 0 Å². The molecule has 1 fully saturated rings. The highest BCUT2D eigenvalue weighted by atomic mass is 16.4. The number of nitrogens with zero attached hydrogens (tertiary/aromatic N) is 1. The fraction of sp³-hybridized carbons (Fsp3) is 0.588. The largest absolute Gasteiger partial charge is 0.481 e. The van der Waals surface area contributed by atoms with Crippen molar-refractivity contribution in [2.24, 2.45) is 5.92 Å². The van der Waals surface area contributed by atoms with Gasteiger partial charge in [0.2, 0.25) is 0 Å². The Bertz CT molecular complexity index is 470. The van der Waals surface area contributed by atoms with Gasteiger partial charge in [-0.3, -0.25) is 9.69 Å². The van der Waals surface area contributed by atoms with Crippen LogP contribution in [0.4, 0.5) is 0 Å². The van der Waals surface area contributed by atoms with Crippen molar-refractivity contribution in [2.45, 2.75) is 46.1 Å². The van der Waals surface area contributed by atoms with E-state index in [1.807, 2.05) is 0 Å².